The molecule has 0 saturated carbocycles. The third kappa shape index (κ3) is 10.3. The molecular weight excluding hydrogens is 279 g/mol. The Balaban J connectivity index is 4.39. The molecule has 0 aliphatic rings. The van der Waals surface area contributed by atoms with E-state index in [1.54, 1.807) is 22.3 Å². The van der Waals surface area contributed by atoms with Gasteiger partial charge in [-0.15, -0.1) is 0 Å². The molecule has 0 atom stereocenters. The summed E-state index contributed by atoms with van der Waals surface area (Å²) in [5.74, 6) is 0. The van der Waals surface area contributed by atoms with Crippen LogP contribution in [0.4, 0.5) is 0 Å². The zero-order valence-corrected chi connectivity index (χ0v) is 17.8. The van der Waals surface area contributed by atoms with Gasteiger partial charge in [-0.05, 0) is 31.1 Å². The zero-order valence-electron chi connectivity index (χ0n) is 16.7. The molecule has 0 rings (SSSR count). The molecule has 0 aromatic heterocycles. The van der Waals surface area contributed by atoms with E-state index in [1.807, 2.05) is 0 Å². The van der Waals surface area contributed by atoms with Crippen molar-refractivity contribution in [3.8, 4) is 0 Å². The van der Waals surface area contributed by atoms with Crippen molar-refractivity contribution in [1.29, 1.82) is 0 Å². The van der Waals surface area contributed by atoms with Crippen molar-refractivity contribution in [1.82, 2.24) is 0 Å². The Hall–Kier alpha value is 0.532. The van der Waals surface area contributed by atoms with Crippen LogP contribution >= 0.6 is 0 Å². The van der Waals surface area contributed by atoms with Crippen molar-refractivity contribution >= 4 is 14.1 Å². The fourth-order valence-corrected chi connectivity index (χ4v) is 8.14. The summed E-state index contributed by atoms with van der Waals surface area (Å²) in [6.45, 7) is 11.9. The minimum absolute atomic E-state index is 0.418. The van der Waals surface area contributed by atoms with Crippen LogP contribution in [0.25, 0.3) is 0 Å². The maximum Gasteiger partial charge on any atom is 0.261 e. The third-order valence-corrected chi connectivity index (χ3v) is 9.27. The van der Waals surface area contributed by atoms with Gasteiger partial charge >= 0.3 is 0 Å². The van der Waals surface area contributed by atoms with Crippen LogP contribution in [0, 0.1) is 5.41 Å². The second kappa shape index (κ2) is 15.1. The first-order valence-electron chi connectivity index (χ1n) is 10.7. The van der Waals surface area contributed by atoms with E-state index in [0.717, 1.165) is 0 Å². The Labute approximate surface area is 147 Å². The molecule has 0 spiro atoms. The monoisotopic (exact) mass is 324 g/mol. The first-order chi connectivity index (χ1) is 10.7. The molecule has 0 nitrogen and oxygen atoms in total. The molecule has 0 aliphatic carbocycles. The second-order valence-electron chi connectivity index (χ2n) is 7.79. The first kappa shape index (κ1) is 22.5. The molecule has 0 bridgehead atoms. The predicted octanol–water partition coefficient (Wildman–Crippen LogP) is 8.25. The van der Waals surface area contributed by atoms with Gasteiger partial charge in [0.05, 0.1) is 0 Å². The van der Waals surface area contributed by atoms with Crippen LogP contribution in [0.2, 0.25) is 15.8 Å². The van der Waals surface area contributed by atoms with Crippen molar-refractivity contribution in [3.05, 3.63) is 0 Å². The van der Waals surface area contributed by atoms with Crippen LogP contribution in [-0.2, 0) is 0 Å². The van der Waals surface area contributed by atoms with Gasteiger partial charge in [0, 0.05) is 0 Å². The van der Waals surface area contributed by atoms with E-state index in [1.165, 1.54) is 70.6 Å². The molecule has 132 valence electrons. The molecule has 0 aromatic carbocycles. The van der Waals surface area contributed by atoms with E-state index in [2.05, 4.69) is 34.6 Å². The molecule has 22 heavy (non-hydrogen) atoms. The Morgan fingerprint density at radius 1 is 0.500 bits per heavy atom. The van der Waals surface area contributed by atoms with Crippen LogP contribution in [0.5, 0.6) is 0 Å². The number of hydrogen-bond acceptors (Lipinski definition) is 0. The topological polar surface area (TPSA) is 0 Å². The number of unbranched alkanes of at least 4 members (excludes halogenated alkanes) is 2. The molecule has 0 heterocycles. The molecule has 0 amide bonds. The highest BCUT2D eigenvalue weighted by Gasteiger charge is 2.27. The normalized spacial score (nSPS) is 11.9. The lowest BCUT2D eigenvalue weighted by molar-refractivity contribution is 0.190. The summed E-state index contributed by atoms with van der Waals surface area (Å²) in [6.07, 6.45) is 17.5. The molecule has 0 unspecified atom stereocenters. The van der Waals surface area contributed by atoms with Gasteiger partial charge < -0.3 is 0 Å². The third-order valence-electron chi connectivity index (χ3n) is 5.59. The van der Waals surface area contributed by atoms with Crippen LogP contribution in [-0.4, -0.2) is 14.1 Å². The molecule has 0 aromatic rings. The van der Waals surface area contributed by atoms with Gasteiger partial charge in [0.15, 0.2) is 0 Å². The average molecular weight is 325 g/mol. The van der Waals surface area contributed by atoms with Crippen LogP contribution in [0.1, 0.15) is 112 Å². The van der Waals surface area contributed by atoms with Crippen LogP contribution in [0.15, 0.2) is 0 Å². The zero-order chi connectivity index (χ0) is 16.7. The van der Waals surface area contributed by atoms with Crippen molar-refractivity contribution in [3.63, 3.8) is 0 Å². The lowest BCUT2D eigenvalue weighted by Crippen LogP contribution is -2.22. The highest BCUT2D eigenvalue weighted by Crippen LogP contribution is 2.40. The Morgan fingerprint density at radius 2 is 0.909 bits per heavy atom. The van der Waals surface area contributed by atoms with Crippen molar-refractivity contribution < 1.29 is 0 Å². The van der Waals surface area contributed by atoms with Crippen molar-refractivity contribution in [2.24, 2.45) is 5.41 Å². The second-order valence-corrected chi connectivity index (χ2v) is 11.3. The molecule has 0 aliphatic heterocycles. The SMILES string of the molecule is CCC[CH2][Al]([CH2]CCC)[CH2]CCC(CCC)(CCC)CCC. The van der Waals surface area contributed by atoms with Gasteiger partial charge in [0.2, 0.25) is 0 Å². The Kier molecular flexibility index (Phi) is 15.4. The highest BCUT2D eigenvalue weighted by molar-refractivity contribution is 6.58. The fourth-order valence-electron chi connectivity index (χ4n) is 4.53. The minimum Gasteiger partial charge on any atom is -0.0939 e. The number of hydrogen-bond donors (Lipinski definition) is 0. The lowest BCUT2D eigenvalue weighted by atomic mass is 9.72. The van der Waals surface area contributed by atoms with E-state index in [4.69, 9.17) is 0 Å². The van der Waals surface area contributed by atoms with Crippen LogP contribution in [0.3, 0.4) is 0 Å². The van der Waals surface area contributed by atoms with Gasteiger partial charge in [0.1, 0.15) is 0 Å². The van der Waals surface area contributed by atoms with Gasteiger partial charge in [0.25, 0.3) is 14.1 Å². The summed E-state index contributed by atoms with van der Waals surface area (Å²) in [6, 6.07) is 0. The minimum atomic E-state index is -0.418. The van der Waals surface area contributed by atoms with Crippen molar-refractivity contribution in [2.45, 2.75) is 128 Å². The highest BCUT2D eigenvalue weighted by atomic mass is 27.2. The quantitative estimate of drug-likeness (QED) is 0.251. The summed E-state index contributed by atoms with van der Waals surface area (Å²) in [4.78, 5) is 0. The van der Waals surface area contributed by atoms with Gasteiger partial charge in [-0.1, -0.05) is 102 Å². The fraction of sp³-hybridized carbons (Fsp3) is 1.00. The molecule has 0 fully saturated rings. The molecule has 1 heteroatoms. The lowest BCUT2D eigenvalue weighted by Gasteiger charge is -2.34. The molecule has 0 radical (unpaired) electrons. The summed E-state index contributed by atoms with van der Waals surface area (Å²) in [7, 11) is 0. The van der Waals surface area contributed by atoms with Crippen LogP contribution < -0.4 is 0 Å². The molecule has 0 N–H and O–H groups in total. The predicted molar refractivity (Wildman–Crippen MR) is 106 cm³/mol. The molecular formula is C21H45Al. The Morgan fingerprint density at radius 3 is 1.27 bits per heavy atom. The number of rotatable bonds is 16. The van der Waals surface area contributed by atoms with Gasteiger partial charge in [-0.2, -0.15) is 0 Å². The van der Waals surface area contributed by atoms with Gasteiger partial charge in [-0.25, -0.2) is 0 Å². The molecule has 0 saturated heterocycles. The summed E-state index contributed by atoms with van der Waals surface area (Å²) < 4.78 is 0. The standard InChI is InChI=1S/C13H27.2C4H9.Al/c1-5-9-13(10-6-2,11-7-3)12-8-4;2*1-3-4-2;/h1,5-12H2,2-4H3;2*1,3-4H2,2H3;. The van der Waals surface area contributed by atoms with E-state index in [9.17, 15) is 0 Å². The smallest absolute Gasteiger partial charge is 0.0939 e. The summed E-state index contributed by atoms with van der Waals surface area (Å²) in [5, 5.41) is 4.89. The van der Waals surface area contributed by atoms with E-state index >= 15 is 0 Å². The van der Waals surface area contributed by atoms with Crippen molar-refractivity contribution in [2.75, 3.05) is 0 Å². The van der Waals surface area contributed by atoms with E-state index < -0.39 is 14.1 Å². The Bertz CT molecular complexity index is 199. The largest absolute Gasteiger partial charge is 0.261 e. The van der Waals surface area contributed by atoms with E-state index in [0.29, 0.717) is 5.41 Å². The summed E-state index contributed by atoms with van der Waals surface area (Å²) in [5.41, 5.74) is 0.701. The average Bonchev–Trinajstić information content (AvgIpc) is 2.50. The maximum atomic E-state index is 2.39. The first-order valence-corrected chi connectivity index (χ1v) is 13.1. The van der Waals surface area contributed by atoms with Gasteiger partial charge in [-0.3, -0.25) is 0 Å². The van der Waals surface area contributed by atoms with E-state index in [-0.39, 0.29) is 0 Å². The summed E-state index contributed by atoms with van der Waals surface area (Å²) >= 11 is -0.418. The maximum absolute atomic E-state index is 2.39.